The molecule has 6 rings (SSSR count). The smallest absolute Gasteiger partial charge is 0.272 e. The first-order valence-electron chi connectivity index (χ1n) is 15.6. The van der Waals surface area contributed by atoms with E-state index < -0.39 is 17.1 Å². The summed E-state index contributed by atoms with van der Waals surface area (Å²) in [5, 5.41) is 10.2. The molecule has 10 heteroatoms. The second kappa shape index (κ2) is 16.0. The monoisotopic (exact) mass is 698 g/mol. The number of carbonyl (C=O) groups excluding carboxylic acids is 3. The van der Waals surface area contributed by atoms with E-state index in [0.29, 0.717) is 22.1 Å². The normalized spacial score (nSPS) is 11.8. The largest absolute Gasteiger partial charge is 0.321 e. The Bertz CT molecular complexity index is 2120. The molecule has 0 saturated heterocycles. The standard InChI is InChI=1S/C40H31FN4O3S2/c1-26-12-14-27(15-13-26)24-34(43-37(46)30-10-6-3-7-11-30)38(47)42-32-20-22-33(23-21-32)50-36(29-8-4-2-5-9-29)39(48)45-40-44-35(25-49-40)28-16-18-31(41)19-17-28/h2-25,36H,1H3,(H,42,47)(H,43,46)(H,44,45,48)/b34-24-. The molecule has 1 unspecified atom stereocenters. The van der Waals surface area contributed by atoms with Crippen molar-refractivity contribution >= 4 is 57.7 Å². The highest BCUT2D eigenvalue weighted by molar-refractivity contribution is 8.00. The lowest BCUT2D eigenvalue weighted by molar-refractivity contribution is -0.116. The maximum atomic E-state index is 13.6. The maximum absolute atomic E-state index is 13.6. The first-order valence-corrected chi connectivity index (χ1v) is 17.4. The van der Waals surface area contributed by atoms with Crippen LogP contribution in [0.15, 0.2) is 149 Å². The molecule has 248 valence electrons. The molecule has 0 spiro atoms. The summed E-state index contributed by atoms with van der Waals surface area (Å²) in [6.45, 7) is 1.97. The van der Waals surface area contributed by atoms with E-state index in [2.05, 4.69) is 20.9 Å². The molecule has 1 aromatic heterocycles. The minimum Gasteiger partial charge on any atom is -0.321 e. The van der Waals surface area contributed by atoms with Crippen molar-refractivity contribution in [1.82, 2.24) is 10.3 Å². The van der Waals surface area contributed by atoms with E-state index in [4.69, 9.17) is 0 Å². The second-order valence-electron chi connectivity index (χ2n) is 11.2. The van der Waals surface area contributed by atoms with Crippen LogP contribution in [0.4, 0.5) is 15.2 Å². The van der Waals surface area contributed by atoms with Crippen LogP contribution in [-0.2, 0) is 9.59 Å². The third-order valence-electron chi connectivity index (χ3n) is 7.50. The van der Waals surface area contributed by atoms with Crippen LogP contribution in [0, 0.1) is 12.7 Å². The molecule has 1 heterocycles. The number of aromatic nitrogens is 1. The number of halogens is 1. The van der Waals surface area contributed by atoms with Crippen LogP contribution in [0.1, 0.15) is 32.3 Å². The zero-order valence-electron chi connectivity index (χ0n) is 26.8. The van der Waals surface area contributed by atoms with Crippen molar-refractivity contribution in [2.75, 3.05) is 10.6 Å². The van der Waals surface area contributed by atoms with E-state index in [0.717, 1.165) is 27.1 Å². The van der Waals surface area contributed by atoms with Crippen molar-refractivity contribution in [3.63, 3.8) is 0 Å². The summed E-state index contributed by atoms with van der Waals surface area (Å²) < 4.78 is 13.4. The van der Waals surface area contributed by atoms with E-state index >= 15 is 0 Å². The summed E-state index contributed by atoms with van der Waals surface area (Å²) in [7, 11) is 0. The van der Waals surface area contributed by atoms with Crippen molar-refractivity contribution in [3.8, 4) is 11.3 Å². The van der Waals surface area contributed by atoms with Crippen LogP contribution in [0.25, 0.3) is 17.3 Å². The maximum Gasteiger partial charge on any atom is 0.272 e. The Hall–Kier alpha value is -5.84. The van der Waals surface area contributed by atoms with Gasteiger partial charge in [0.25, 0.3) is 11.8 Å². The van der Waals surface area contributed by atoms with Gasteiger partial charge in [-0.25, -0.2) is 9.37 Å². The summed E-state index contributed by atoms with van der Waals surface area (Å²) in [5.41, 5.74) is 5.07. The van der Waals surface area contributed by atoms with E-state index in [9.17, 15) is 18.8 Å². The fourth-order valence-corrected chi connectivity index (χ4v) is 6.63. The van der Waals surface area contributed by atoms with Gasteiger partial charge in [0.15, 0.2) is 5.13 Å². The van der Waals surface area contributed by atoms with Crippen molar-refractivity contribution < 1.29 is 18.8 Å². The Balaban J connectivity index is 1.16. The molecule has 7 nitrogen and oxygen atoms in total. The van der Waals surface area contributed by atoms with Gasteiger partial charge in [0.2, 0.25) is 5.91 Å². The number of nitrogens with one attached hydrogen (secondary N) is 3. The number of hydrogen-bond acceptors (Lipinski definition) is 6. The summed E-state index contributed by atoms with van der Waals surface area (Å²) in [4.78, 5) is 45.5. The van der Waals surface area contributed by atoms with E-state index in [-0.39, 0.29) is 17.4 Å². The topological polar surface area (TPSA) is 100 Å². The number of aryl methyl sites for hydroxylation is 1. The highest BCUT2D eigenvalue weighted by Crippen LogP contribution is 2.37. The molecule has 0 radical (unpaired) electrons. The lowest BCUT2D eigenvalue weighted by Gasteiger charge is -2.17. The highest BCUT2D eigenvalue weighted by atomic mass is 32.2. The molecule has 1 atom stereocenters. The van der Waals surface area contributed by atoms with Crippen LogP contribution < -0.4 is 16.0 Å². The molecule has 0 aliphatic carbocycles. The third-order valence-corrected chi connectivity index (χ3v) is 9.52. The molecule has 6 aromatic rings. The molecular formula is C40H31FN4O3S2. The average Bonchev–Trinajstić information content (AvgIpc) is 3.61. The van der Waals surface area contributed by atoms with Gasteiger partial charge in [-0.2, -0.15) is 0 Å². The van der Waals surface area contributed by atoms with Gasteiger partial charge in [0, 0.05) is 27.1 Å². The molecule has 0 fully saturated rings. The van der Waals surface area contributed by atoms with Crippen LogP contribution in [0.5, 0.6) is 0 Å². The fraction of sp³-hybridized carbons (Fsp3) is 0.0500. The van der Waals surface area contributed by atoms with Crippen LogP contribution in [0.2, 0.25) is 0 Å². The van der Waals surface area contributed by atoms with Crippen molar-refractivity contribution in [2.45, 2.75) is 17.1 Å². The van der Waals surface area contributed by atoms with Crippen LogP contribution in [-0.4, -0.2) is 22.7 Å². The fourth-order valence-electron chi connectivity index (χ4n) is 4.88. The molecule has 0 bridgehead atoms. The Kier molecular flexibility index (Phi) is 10.9. The molecule has 3 N–H and O–H groups in total. The number of benzene rings is 5. The quantitative estimate of drug-likeness (QED) is 0.0926. The Morgan fingerprint density at radius 1 is 0.780 bits per heavy atom. The van der Waals surface area contributed by atoms with Crippen molar-refractivity contribution in [1.29, 1.82) is 0 Å². The van der Waals surface area contributed by atoms with Gasteiger partial charge in [0.1, 0.15) is 16.8 Å². The van der Waals surface area contributed by atoms with Gasteiger partial charge in [-0.3, -0.25) is 14.4 Å². The van der Waals surface area contributed by atoms with Gasteiger partial charge in [-0.15, -0.1) is 23.1 Å². The number of nitrogens with zero attached hydrogens (tertiary/aromatic N) is 1. The Morgan fingerprint density at radius 2 is 1.44 bits per heavy atom. The van der Waals surface area contributed by atoms with E-state index in [1.54, 1.807) is 54.6 Å². The van der Waals surface area contributed by atoms with E-state index in [1.807, 2.05) is 85.1 Å². The van der Waals surface area contributed by atoms with E-state index in [1.165, 1.54) is 35.2 Å². The van der Waals surface area contributed by atoms with Crippen molar-refractivity contribution in [2.24, 2.45) is 0 Å². The lowest BCUT2D eigenvalue weighted by atomic mass is 10.1. The van der Waals surface area contributed by atoms with Gasteiger partial charge in [-0.1, -0.05) is 78.4 Å². The van der Waals surface area contributed by atoms with Gasteiger partial charge < -0.3 is 16.0 Å². The number of amides is 3. The van der Waals surface area contributed by atoms with Gasteiger partial charge >= 0.3 is 0 Å². The summed E-state index contributed by atoms with van der Waals surface area (Å²) in [6, 6.07) is 38.9. The predicted octanol–water partition coefficient (Wildman–Crippen LogP) is 9.14. The SMILES string of the molecule is Cc1ccc(/C=C(\NC(=O)c2ccccc2)C(=O)Nc2ccc(SC(C(=O)Nc3nc(-c4ccc(F)cc4)cs3)c3ccccc3)cc2)cc1. The molecular weight excluding hydrogens is 668 g/mol. The number of anilines is 2. The molecule has 5 aromatic carbocycles. The first kappa shape index (κ1) is 34.0. The van der Waals surface area contributed by atoms with Crippen molar-refractivity contribution in [3.05, 3.63) is 173 Å². The number of thioether (sulfide) groups is 1. The molecule has 0 saturated carbocycles. The number of hydrogen-bond donors (Lipinski definition) is 3. The summed E-state index contributed by atoms with van der Waals surface area (Å²) in [5.74, 6) is -1.47. The van der Waals surface area contributed by atoms with Gasteiger partial charge in [-0.05, 0) is 84.8 Å². The summed E-state index contributed by atoms with van der Waals surface area (Å²) in [6.07, 6.45) is 1.63. The highest BCUT2D eigenvalue weighted by Gasteiger charge is 2.23. The average molecular weight is 699 g/mol. The molecule has 50 heavy (non-hydrogen) atoms. The third kappa shape index (κ3) is 8.98. The Morgan fingerprint density at radius 3 is 2.12 bits per heavy atom. The zero-order chi connectivity index (χ0) is 34.9. The number of carbonyl (C=O) groups is 3. The number of thiazole rings is 1. The van der Waals surface area contributed by atoms with Crippen LogP contribution in [0.3, 0.4) is 0 Å². The minimum atomic E-state index is -0.605. The minimum absolute atomic E-state index is 0.0896. The second-order valence-corrected chi connectivity index (χ2v) is 13.2. The number of rotatable bonds is 11. The summed E-state index contributed by atoms with van der Waals surface area (Å²) >= 11 is 2.65. The Labute approximate surface area is 297 Å². The first-order chi connectivity index (χ1) is 24.3. The lowest BCUT2D eigenvalue weighted by Crippen LogP contribution is -2.30. The van der Waals surface area contributed by atoms with Crippen LogP contribution >= 0.6 is 23.1 Å². The molecule has 0 aliphatic rings. The predicted molar refractivity (Wildman–Crippen MR) is 199 cm³/mol. The molecule has 3 amide bonds. The van der Waals surface area contributed by atoms with Gasteiger partial charge in [0.05, 0.1) is 5.69 Å². The molecule has 0 aliphatic heterocycles. The zero-order valence-corrected chi connectivity index (χ0v) is 28.4.